The number of Topliss-reactive ketones (excluding diaryl/α,β-unsaturated/α-hetero) is 1. The van der Waals surface area contributed by atoms with Gasteiger partial charge in [-0.3, -0.25) is 9.69 Å². The summed E-state index contributed by atoms with van der Waals surface area (Å²) < 4.78 is 5.69. The number of oxazole rings is 1. The average Bonchev–Trinajstić information content (AvgIpc) is 3.33. The predicted octanol–water partition coefficient (Wildman–Crippen LogP) is 4.37. The number of anilines is 1. The van der Waals surface area contributed by atoms with Crippen molar-refractivity contribution < 1.29 is 9.21 Å². The lowest BCUT2D eigenvalue weighted by atomic mass is 9.80. The van der Waals surface area contributed by atoms with Crippen LogP contribution in [0.2, 0.25) is 0 Å². The third-order valence-corrected chi connectivity index (χ3v) is 6.94. The van der Waals surface area contributed by atoms with Crippen LogP contribution in [0.5, 0.6) is 0 Å². The molecule has 0 bridgehead atoms. The Bertz CT molecular complexity index is 1120. The van der Waals surface area contributed by atoms with E-state index in [4.69, 9.17) is 4.42 Å². The van der Waals surface area contributed by atoms with Crippen LogP contribution < -0.4 is 4.90 Å². The minimum atomic E-state index is -0.0290. The molecule has 2 fully saturated rings. The Morgan fingerprint density at radius 2 is 1.91 bits per heavy atom. The van der Waals surface area contributed by atoms with Crippen molar-refractivity contribution in [2.45, 2.75) is 31.7 Å². The smallest absolute Gasteiger partial charge is 0.215 e. The van der Waals surface area contributed by atoms with E-state index >= 15 is 0 Å². The molecule has 1 aromatic heterocycles. The van der Waals surface area contributed by atoms with Gasteiger partial charge in [-0.05, 0) is 36.1 Å². The fourth-order valence-electron chi connectivity index (χ4n) is 4.87. The van der Waals surface area contributed by atoms with E-state index in [1.165, 1.54) is 0 Å². The predicted molar refractivity (Wildman–Crippen MR) is 126 cm³/mol. The van der Waals surface area contributed by atoms with E-state index in [0.29, 0.717) is 23.7 Å². The Hall–Kier alpha value is -3.43. The number of ketones is 1. The Kier molecular flexibility index (Phi) is 6.23. The maximum Gasteiger partial charge on any atom is 0.215 e. The molecule has 1 saturated carbocycles. The number of nitriles is 1. The fraction of sp³-hybridized carbons (Fsp3) is 0.370. The molecule has 0 N–H and O–H groups in total. The van der Waals surface area contributed by atoms with Crippen molar-refractivity contribution in [3.05, 3.63) is 83.6 Å². The molecule has 33 heavy (non-hydrogen) atoms. The molecule has 1 aliphatic heterocycles. The fourth-order valence-corrected chi connectivity index (χ4v) is 4.87. The summed E-state index contributed by atoms with van der Waals surface area (Å²) in [6.07, 6.45) is 6.94. The van der Waals surface area contributed by atoms with E-state index in [0.717, 1.165) is 62.3 Å². The zero-order valence-corrected chi connectivity index (χ0v) is 18.7. The van der Waals surface area contributed by atoms with Gasteiger partial charge in [0.05, 0.1) is 17.4 Å². The highest BCUT2D eigenvalue weighted by molar-refractivity contribution is 5.84. The Morgan fingerprint density at radius 3 is 2.55 bits per heavy atom. The van der Waals surface area contributed by atoms with Crippen LogP contribution in [0.3, 0.4) is 0 Å². The molecule has 0 spiro atoms. The highest BCUT2D eigenvalue weighted by Crippen LogP contribution is 2.31. The summed E-state index contributed by atoms with van der Waals surface area (Å²) in [5, 5.41) is 9.80. The third kappa shape index (κ3) is 4.55. The lowest BCUT2D eigenvalue weighted by Crippen LogP contribution is -2.48. The summed E-state index contributed by atoms with van der Waals surface area (Å²) in [5.74, 6) is 1.24. The van der Waals surface area contributed by atoms with Crippen molar-refractivity contribution in [3.63, 3.8) is 0 Å². The number of rotatable bonds is 7. The second kappa shape index (κ2) is 9.60. The van der Waals surface area contributed by atoms with E-state index in [1.807, 2.05) is 36.4 Å². The zero-order chi connectivity index (χ0) is 22.6. The molecule has 0 radical (unpaired) electrons. The van der Waals surface area contributed by atoms with Crippen molar-refractivity contribution in [3.8, 4) is 6.07 Å². The molecule has 3 aromatic rings. The van der Waals surface area contributed by atoms with Crippen molar-refractivity contribution in [2.24, 2.45) is 5.92 Å². The van der Waals surface area contributed by atoms with Crippen LogP contribution in [-0.2, 0) is 11.2 Å². The van der Waals surface area contributed by atoms with Crippen molar-refractivity contribution in [1.29, 1.82) is 5.26 Å². The second-order valence-corrected chi connectivity index (χ2v) is 8.94. The normalized spacial score (nSPS) is 17.8. The number of benzene rings is 2. The molecule has 168 valence electrons. The molecule has 1 aliphatic carbocycles. The minimum Gasteiger partial charge on any atom is -0.447 e. The van der Waals surface area contributed by atoms with Gasteiger partial charge in [-0.25, -0.2) is 4.98 Å². The van der Waals surface area contributed by atoms with Crippen molar-refractivity contribution in [2.75, 3.05) is 31.1 Å². The second-order valence-electron chi connectivity index (χ2n) is 8.94. The van der Waals surface area contributed by atoms with E-state index in [1.54, 1.807) is 12.5 Å². The first-order valence-corrected chi connectivity index (χ1v) is 11.7. The number of aromatic nitrogens is 1. The van der Waals surface area contributed by atoms with Gasteiger partial charge in [-0.2, -0.15) is 5.26 Å². The Labute approximate surface area is 194 Å². The largest absolute Gasteiger partial charge is 0.447 e. The number of nitrogens with zero attached hydrogens (tertiary/aromatic N) is 4. The summed E-state index contributed by atoms with van der Waals surface area (Å²) in [6, 6.07) is 18.6. The van der Waals surface area contributed by atoms with Gasteiger partial charge < -0.3 is 9.32 Å². The maximum absolute atomic E-state index is 12.4. The monoisotopic (exact) mass is 440 g/mol. The van der Waals surface area contributed by atoms with Crippen LogP contribution in [0.25, 0.3) is 0 Å². The quantitative estimate of drug-likeness (QED) is 0.543. The number of hydrogen-bond acceptors (Lipinski definition) is 6. The first-order chi connectivity index (χ1) is 16.2. The van der Waals surface area contributed by atoms with Gasteiger partial charge in [-0.1, -0.05) is 42.8 Å². The van der Waals surface area contributed by atoms with E-state index in [9.17, 15) is 10.1 Å². The standard InChI is InChI=1S/C27H28N4O2/c28-19-23-17-20(18-25(32)21-7-4-8-21)9-10-24(23)30-12-14-31(15-13-30)26(27-29-11-16-33-27)22-5-2-1-3-6-22/h1-3,5-6,9-11,16-17,21,26H,4,7-8,12-15,18H2. The van der Waals surface area contributed by atoms with E-state index in [-0.39, 0.29) is 12.0 Å². The molecule has 6 heteroatoms. The van der Waals surface area contributed by atoms with Crippen LogP contribution >= 0.6 is 0 Å². The maximum atomic E-state index is 12.4. The number of carbonyl (C=O) groups excluding carboxylic acids is 1. The summed E-state index contributed by atoms with van der Waals surface area (Å²) in [5.41, 5.74) is 3.70. The van der Waals surface area contributed by atoms with Crippen LogP contribution in [0.1, 0.15) is 47.9 Å². The van der Waals surface area contributed by atoms with Crippen LogP contribution in [0, 0.1) is 17.2 Å². The van der Waals surface area contributed by atoms with Gasteiger partial charge >= 0.3 is 0 Å². The molecule has 2 aliphatic rings. The van der Waals surface area contributed by atoms with Gasteiger partial charge in [0.2, 0.25) is 5.89 Å². The first kappa shape index (κ1) is 21.4. The highest BCUT2D eigenvalue weighted by atomic mass is 16.3. The van der Waals surface area contributed by atoms with Gasteiger partial charge in [0.25, 0.3) is 0 Å². The van der Waals surface area contributed by atoms with Crippen molar-refractivity contribution in [1.82, 2.24) is 9.88 Å². The Balaban J connectivity index is 1.29. The lowest BCUT2D eigenvalue weighted by molar-refractivity contribution is -0.124. The third-order valence-electron chi connectivity index (χ3n) is 6.94. The van der Waals surface area contributed by atoms with Crippen LogP contribution in [0.4, 0.5) is 5.69 Å². The molecule has 0 amide bonds. The van der Waals surface area contributed by atoms with Gasteiger partial charge in [0.15, 0.2) is 0 Å². The molecular formula is C27H28N4O2. The molecule has 1 saturated heterocycles. The summed E-state index contributed by atoms with van der Waals surface area (Å²) in [4.78, 5) is 21.5. The van der Waals surface area contributed by atoms with Crippen LogP contribution in [-0.4, -0.2) is 41.8 Å². The average molecular weight is 441 g/mol. The van der Waals surface area contributed by atoms with Gasteiger partial charge in [-0.15, -0.1) is 0 Å². The van der Waals surface area contributed by atoms with Crippen molar-refractivity contribution >= 4 is 11.5 Å². The van der Waals surface area contributed by atoms with E-state index < -0.39 is 0 Å². The molecule has 6 nitrogen and oxygen atoms in total. The number of piperazine rings is 1. The SMILES string of the molecule is N#Cc1cc(CC(=O)C2CCC2)ccc1N1CCN(C(c2ccccc2)c2ncco2)CC1. The molecule has 5 rings (SSSR count). The van der Waals surface area contributed by atoms with Gasteiger partial charge in [0.1, 0.15) is 24.2 Å². The number of hydrogen-bond donors (Lipinski definition) is 0. The molecule has 2 heterocycles. The summed E-state index contributed by atoms with van der Waals surface area (Å²) >= 11 is 0. The first-order valence-electron chi connectivity index (χ1n) is 11.7. The Morgan fingerprint density at radius 1 is 1.12 bits per heavy atom. The molecular weight excluding hydrogens is 412 g/mol. The molecule has 2 aromatic carbocycles. The molecule has 1 atom stereocenters. The number of carbonyl (C=O) groups is 1. The zero-order valence-electron chi connectivity index (χ0n) is 18.7. The van der Waals surface area contributed by atoms with Crippen LogP contribution in [0.15, 0.2) is 65.4 Å². The van der Waals surface area contributed by atoms with Gasteiger partial charge in [0, 0.05) is 38.5 Å². The topological polar surface area (TPSA) is 73.4 Å². The molecule has 1 unspecified atom stereocenters. The summed E-state index contributed by atoms with van der Waals surface area (Å²) in [6.45, 7) is 3.27. The summed E-state index contributed by atoms with van der Waals surface area (Å²) in [7, 11) is 0. The lowest BCUT2D eigenvalue weighted by Gasteiger charge is -2.39. The van der Waals surface area contributed by atoms with E-state index in [2.05, 4.69) is 33.0 Å². The minimum absolute atomic E-state index is 0.0290. The highest BCUT2D eigenvalue weighted by Gasteiger charge is 2.30.